The number of nitrogens with one attached hydrogen (secondary N) is 2. The maximum Gasteiger partial charge on any atom is 0.243 e. The van der Waals surface area contributed by atoms with E-state index in [4.69, 9.17) is 0 Å². The largest absolute Gasteiger partial charge is 0.319 e. The van der Waals surface area contributed by atoms with E-state index in [2.05, 4.69) is 5.32 Å². The van der Waals surface area contributed by atoms with E-state index in [1.165, 1.54) is 10.4 Å². The van der Waals surface area contributed by atoms with Crippen LogP contribution in [0, 0.1) is 11.7 Å². The quantitative estimate of drug-likeness (QED) is 0.728. The van der Waals surface area contributed by atoms with Crippen LogP contribution in [-0.4, -0.2) is 54.1 Å². The minimum absolute atomic E-state index is 0. The SMILES string of the molecule is CNCC1CCN(S(=O)(=O)c2ccc(NS(C)(=O)=O)c(F)c2)CC1.Cl. The number of halogens is 2. The summed E-state index contributed by atoms with van der Waals surface area (Å²) < 4.78 is 64.9. The van der Waals surface area contributed by atoms with Crippen molar-refractivity contribution in [3.05, 3.63) is 24.0 Å². The Kier molecular flexibility index (Phi) is 7.63. The Bertz CT molecular complexity index is 794. The summed E-state index contributed by atoms with van der Waals surface area (Å²) in [7, 11) is -5.56. The van der Waals surface area contributed by atoms with Gasteiger partial charge in [-0.15, -0.1) is 12.4 Å². The Balaban J connectivity index is 0.00000312. The Hall–Kier alpha value is -0.940. The van der Waals surface area contributed by atoms with Crippen molar-refractivity contribution in [2.24, 2.45) is 5.92 Å². The monoisotopic (exact) mass is 415 g/mol. The second-order valence-electron chi connectivity index (χ2n) is 5.92. The molecule has 0 radical (unpaired) electrons. The van der Waals surface area contributed by atoms with Crippen molar-refractivity contribution in [1.29, 1.82) is 0 Å². The van der Waals surface area contributed by atoms with Gasteiger partial charge in [0, 0.05) is 13.1 Å². The van der Waals surface area contributed by atoms with Crippen molar-refractivity contribution in [3.63, 3.8) is 0 Å². The standard InChI is InChI=1S/C14H22FN3O4S2.ClH/c1-16-10-11-5-7-18(8-6-11)24(21,22)12-3-4-14(13(15)9-12)17-23(2,19)20;/h3-4,9,11,16-17H,5-8,10H2,1-2H3;1H. The minimum atomic E-state index is -3.79. The normalized spacial score (nSPS) is 17.1. The maximum absolute atomic E-state index is 14.0. The third kappa shape index (κ3) is 5.78. The first-order valence-corrected chi connectivity index (χ1v) is 10.9. The van der Waals surface area contributed by atoms with Gasteiger partial charge in [0.1, 0.15) is 5.82 Å². The van der Waals surface area contributed by atoms with E-state index in [9.17, 15) is 21.2 Å². The number of hydrogen-bond donors (Lipinski definition) is 2. The summed E-state index contributed by atoms with van der Waals surface area (Å²) in [4.78, 5) is -0.175. The van der Waals surface area contributed by atoms with Gasteiger partial charge in [-0.3, -0.25) is 4.72 Å². The van der Waals surface area contributed by atoms with E-state index in [1.54, 1.807) is 0 Å². The lowest BCUT2D eigenvalue weighted by molar-refractivity contribution is 0.270. The molecule has 0 spiro atoms. The highest BCUT2D eigenvalue weighted by Gasteiger charge is 2.29. The first-order valence-electron chi connectivity index (χ1n) is 7.55. The molecule has 0 aliphatic carbocycles. The number of hydrogen-bond acceptors (Lipinski definition) is 5. The number of piperidine rings is 1. The molecule has 1 aromatic carbocycles. The van der Waals surface area contributed by atoms with Crippen molar-refractivity contribution in [2.75, 3.05) is 37.7 Å². The lowest BCUT2D eigenvalue weighted by Gasteiger charge is -2.31. The molecule has 2 rings (SSSR count). The summed E-state index contributed by atoms with van der Waals surface area (Å²) in [5, 5.41) is 3.08. The van der Waals surface area contributed by atoms with Crippen molar-refractivity contribution in [1.82, 2.24) is 9.62 Å². The van der Waals surface area contributed by atoms with Crippen LogP contribution >= 0.6 is 12.4 Å². The number of rotatable bonds is 6. The van der Waals surface area contributed by atoms with Gasteiger partial charge in [0.2, 0.25) is 20.0 Å². The predicted molar refractivity (Wildman–Crippen MR) is 97.5 cm³/mol. The topological polar surface area (TPSA) is 95.6 Å². The molecule has 0 aromatic heterocycles. The van der Waals surface area contributed by atoms with E-state index >= 15 is 0 Å². The highest BCUT2D eigenvalue weighted by atomic mass is 35.5. The summed E-state index contributed by atoms with van der Waals surface area (Å²) in [6.45, 7) is 1.62. The lowest BCUT2D eigenvalue weighted by Crippen LogP contribution is -2.40. The molecule has 25 heavy (non-hydrogen) atoms. The number of anilines is 1. The Labute approximate surface area is 154 Å². The zero-order valence-electron chi connectivity index (χ0n) is 14.0. The van der Waals surface area contributed by atoms with Gasteiger partial charge in [-0.05, 0) is 50.6 Å². The van der Waals surface area contributed by atoms with Crippen LogP contribution in [0.25, 0.3) is 0 Å². The van der Waals surface area contributed by atoms with Crippen molar-refractivity contribution in [3.8, 4) is 0 Å². The number of sulfonamides is 2. The van der Waals surface area contributed by atoms with Crippen LogP contribution < -0.4 is 10.0 Å². The average molecular weight is 416 g/mol. The highest BCUT2D eigenvalue weighted by Crippen LogP contribution is 2.26. The van der Waals surface area contributed by atoms with Gasteiger partial charge in [-0.1, -0.05) is 0 Å². The van der Waals surface area contributed by atoms with Gasteiger partial charge in [0.25, 0.3) is 0 Å². The molecule has 0 bridgehead atoms. The van der Waals surface area contributed by atoms with E-state index in [1.807, 2.05) is 11.8 Å². The first-order chi connectivity index (χ1) is 11.1. The molecule has 0 saturated carbocycles. The van der Waals surface area contributed by atoms with Crippen molar-refractivity contribution < 1.29 is 21.2 Å². The van der Waals surface area contributed by atoms with Gasteiger partial charge >= 0.3 is 0 Å². The molecule has 1 aliphatic heterocycles. The fourth-order valence-corrected chi connectivity index (χ4v) is 4.78. The Morgan fingerprint density at radius 1 is 1.20 bits per heavy atom. The van der Waals surface area contributed by atoms with Crippen LogP contribution in [0.5, 0.6) is 0 Å². The van der Waals surface area contributed by atoms with E-state index < -0.39 is 25.9 Å². The molecule has 1 heterocycles. The third-order valence-electron chi connectivity index (χ3n) is 3.94. The average Bonchev–Trinajstić information content (AvgIpc) is 2.49. The number of nitrogens with zero attached hydrogens (tertiary/aromatic N) is 1. The minimum Gasteiger partial charge on any atom is -0.319 e. The smallest absolute Gasteiger partial charge is 0.243 e. The number of benzene rings is 1. The summed E-state index contributed by atoms with van der Waals surface area (Å²) in [6, 6.07) is 3.19. The molecule has 1 aliphatic rings. The molecule has 7 nitrogen and oxygen atoms in total. The predicted octanol–water partition coefficient (Wildman–Crippen LogP) is 1.24. The molecule has 11 heteroatoms. The molecule has 1 aromatic rings. The molecular formula is C14H23ClFN3O4S2. The van der Waals surface area contributed by atoms with Gasteiger partial charge in [0.05, 0.1) is 16.8 Å². The summed E-state index contributed by atoms with van der Waals surface area (Å²) in [5.41, 5.74) is -0.274. The van der Waals surface area contributed by atoms with Gasteiger partial charge in [-0.2, -0.15) is 4.31 Å². The second kappa shape index (κ2) is 8.63. The Morgan fingerprint density at radius 3 is 2.28 bits per heavy atom. The highest BCUT2D eigenvalue weighted by molar-refractivity contribution is 7.92. The van der Waals surface area contributed by atoms with Gasteiger partial charge in [0.15, 0.2) is 0 Å². The molecule has 0 amide bonds. The van der Waals surface area contributed by atoms with Gasteiger partial charge in [-0.25, -0.2) is 21.2 Å². The van der Waals surface area contributed by atoms with Crippen LogP contribution in [0.4, 0.5) is 10.1 Å². The molecule has 2 N–H and O–H groups in total. The summed E-state index contributed by atoms with van der Waals surface area (Å²) >= 11 is 0. The van der Waals surface area contributed by atoms with Crippen molar-refractivity contribution >= 4 is 38.1 Å². The molecular weight excluding hydrogens is 393 g/mol. The van der Waals surface area contributed by atoms with Crippen LogP contribution in [0.15, 0.2) is 23.1 Å². The fraction of sp³-hybridized carbons (Fsp3) is 0.571. The van der Waals surface area contributed by atoms with Crippen LogP contribution in [0.2, 0.25) is 0 Å². The molecule has 1 saturated heterocycles. The summed E-state index contributed by atoms with van der Waals surface area (Å²) in [6.07, 6.45) is 2.39. The van der Waals surface area contributed by atoms with E-state index in [0.29, 0.717) is 19.0 Å². The summed E-state index contributed by atoms with van der Waals surface area (Å²) in [5.74, 6) is -0.494. The molecule has 0 unspecified atom stereocenters. The molecule has 144 valence electrons. The van der Waals surface area contributed by atoms with Crippen molar-refractivity contribution in [2.45, 2.75) is 17.7 Å². The van der Waals surface area contributed by atoms with Crippen LogP contribution in [-0.2, 0) is 20.0 Å². The van der Waals surface area contributed by atoms with Gasteiger partial charge < -0.3 is 5.32 Å². The zero-order chi connectivity index (χ0) is 18.0. The third-order valence-corrected chi connectivity index (χ3v) is 6.43. The molecule has 1 fully saturated rings. The maximum atomic E-state index is 14.0. The second-order valence-corrected chi connectivity index (χ2v) is 9.61. The fourth-order valence-electron chi connectivity index (χ4n) is 2.73. The van der Waals surface area contributed by atoms with Crippen LogP contribution in [0.3, 0.4) is 0 Å². The Morgan fingerprint density at radius 2 is 1.80 bits per heavy atom. The first kappa shape index (κ1) is 22.1. The van der Waals surface area contributed by atoms with Crippen LogP contribution in [0.1, 0.15) is 12.8 Å². The molecule has 0 atom stereocenters. The zero-order valence-corrected chi connectivity index (χ0v) is 16.5. The van der Waals surface area contributed by atoms with E-state index in [-0.39, 0.29) is 23.0 Å². The van der Waals surface area contributed by atoms with E-state index in [0.717, 1.165) is 37.8 Å². The lowest BCUT2D eigenvalue weighted by atomic mass is 9.98.